The summed E-state index contributed by atoms with van der Waals surface area (Å²) in [6, 6.07) is 0. The molecular formula is C10H15N3O2. The molecule has 82 valence electrons. The molecule has 1 saturated heterocycles. The van der Waals surface area contributed by atoms with E-state index in [0.29, 0.717) is 18.8 Å². The molecule has 1 aromatic heterocycles. The fraction of sp³-hybridized carbons (Fsp3) is 0.600. The third kappa shape index (κ3) is 1.87. The van der Waals surface area contributed by atoms with Gasteiger partial charge in [0.15, 0.2) is 0 Å². The predicted octanol–water partition coefficient (Wildman–Crippen LogP) is 0.397. The van der Waals surface area contributed by atoms with Gasteiger partial charge in [-0.1, -0.05) is 13.3 Å². The second-order valence-electron chi connectivity index (χ2n) is 4.10. The van der Waals surface area contributed by atoms with Crippen LogP contribution < -0.4 is 0 Å². The van der Waals surface area contributed by atoms with Gasteiger partial charge in [-0.15, -0.1) is 0 Å². The zero-order valence-corrected chi connectivity index (χ0v) is 8.73. The van der Waals surface area contributed by atoms with Crippen molar-refractivity contribution in [2.24, 2.45) is 0 Å². The number of nitrogens with zero attached hydrogens (tertiary/aromatic N) is 2. The van der Waals surface area contributed by atoms with E-state index in [1.165, 1.54) is 12.5 Å². The Labute approximate surface area is 88.1 Å². The second-order valence-corrected chi connectivity index (χ2v) is 4.10. The maximum absolute atomic E-state index is 11.7. The maximum Gasteiger partial charge on any atom is 0.272 e. The van der Waals surface area contributed by atoms with Crippen molar-refractivity contribution in [3.05, 3.63) is 18.2 Å². The molecule has 0 saturated carbocycles. The summed E-state index contributed by atoms with van der Waals surface area (Å²) in [4.78, 5) is 19.9. The van der Waals surface area contributed by atoms with Gasteiger partial charge in [0.25, 0.3) is 5.91 Å². The molecule has 0 bridgehead atoms. The Morgan fingerprint density at radius 3 is 3.00 bits per heavy atom. The number of aliphatic hydroxyl groups is 1. The minimum atomic E-state index is -0.662. The Balaban J connectivity index is 1.92. The minimum absolute atomic E-state index is 0.0896. The van der Waals surface area contributed by atoms with Crippen molar-refractivity contribution in [2.75, 3.05) is 13.1 Å². The van der Waals surface area contributed by atoms with Gasteiger partial charge >= 0.3 is 0 Å². The van der Waals surface area contributed by atoms with Crippen molar-refractivity contribution in [1.29, 1.82) is 0 Å². The number of amides is 1. The van der Waals surface area contributed by atoms with Gasteiger partial charge in [-0.25, -0.2) is 4.98 Å². The van der Waals surface area contributed by atoms with Gasteiger partial charge in [-0.2, -0.15) is 0 Å². The van der Waals surface area contributed by atoms with Crippen LogP contribution in [0.1, 0.15) is 30.3 Å². The first kappa shape index (κ1) is 10.2. The van der Waals surface area contributed by atoms with Crippen LogP contribution in [0.2, 0.25) is 0 Å². The lowest BCUT2D eigenvalue weighted by Gasteiger charge is -2.46. The third-order valence-corrected chi connectivity index (χ3v) is 2.70. The lowest BCUT2D eigenvalue weighted by atomic mass is 9.89. The molecule has 5 nitrogen and oxygen atoms in total. The third-order valence-electron chi connectivity index (χ3n) is 2.70. The van der Waals surface area contributed by atoms with Crippen LogP contribution in [-0.4, -0.2) is 44.6 Å². The monoisotopic (exact) mass is 209 g/mol. The molecule has 0 aliphatic carbocycles. The van der Waals surface area contributed by atoms with E-state index in [2.05, 4.69) is 9.97 Å². The van der Waals surface area contributed by atoms with E-state index in [1.54, 1.807) is 4.90 Å². The van der Waals surface area contributed by atoms with Crippen molar-refractivity contribution in [3.8, 4) is 0 Å². The van der Waals surface area contributed by atoms with Gasteiger partial charge in [-0.3, -0.25) is 4.79 Å². The van der Waals surface area contributed by atoms with Gasteiger partial charge in [0.1, 0.15) is 5.69 Å². The summed E-state index contributed by atoms with van der Waals surface area (Å²) in [6.07, 6.45) is 4.66. The highest BCUT2D eigenvalue weighted by Gasteiger charge is 2.43. The first-order valence-electron chi connectivity index (χ1n) is 5.15. The predicted molar refractivity (Wildman–Crippen MR) is 54.3 cm³/mol. The highest BCUT2D eigenvalue weighted by Crippen LogP contribution is 2.26. The lowest BCUT2D eigenvalue weighted by Crippen LogP contribution is -2.63. The Morgan fingerprint density at radius 2 is 2.47 bits per heavy atom. The topological polar surface area (TPSA) is 69.2 Å². The first-order chi connectivity index (χ1) is 7.14. The van der Waals surface area contributed by atoms with Gasteiger partial charge in [-0.05, 0) is 6.42 Å². The smallest absolute Gasteiger partial charge is 0.272 e. The lowest BCUT2D eigenvalue weighted by molar-refractivity contribution is -0.0861. The number of imidazole rings is 1. The summed E-state index contributed by atoms with van der Waals surface area (Å²) in [6.45, 7) is 2.88. The molecule has 0 atom stereocenters. The van der Waals surface area contributed by atoms with Gasteiger partial charge in [0.2, 0.25) is 0 Å². The fourth-order valence-electron chi connectivity index (χ4n) is 1.97. The fourth-order valence-corrected chi connectivity index (χ4v) is 1.97. The van der Waals surface area contributed by atoms with E-state index in [-0.39, 0.29) is 5.91 Å². The summed E-state index contributed by atoms with van der Waals surface area (Å²) in [5.74, 6) is -0.0896. The molecule has 2 heterocycles. The van der Waals surface area contributed by atoms with Gasteiger partial charge < -0.3 is 15.0 Å². The number of aromatic amines is 1. The van der Waals surface area contributed by atoms with Crippen molar-refractivity contribution >= 4 is 5.91 Å². The normalized spacial score (nSPS) is 18.7. The summed E-state index contributed by atoms with van der Waals surface area (Å²) in [5.41, 5.74) is -0.182. The molecule has 2 N–H and O–H groups in total. The zero-order chi connectivity index (χ0) is 10.9. The number of H-pyrrole nitrogens is 1. The molecule has 2 rings (SSSR count). The van der Waals surface area contributed by atoms with Crippen LogP contribution in [0.25, 0.3) is 0 Å². The molecule has 1 aliphatic rings. The van der Waals surface area contributed by atoms with E-state index < -0.39 is 5.60 Å². The van der Waals surface area contributed by atoms with Crippen LogP contribution in [0.3, 0.4) is 0 Å². The number of hydrogen-bond donors (Lipinski definition) is 2. The number of carbonyl (C=O) groups excluding carboxylic acids is 1. The van der Waals surface area contributed by atoms with Crippen molar-refractivity contribution in [1.82, 2.24) is 14.9 Å². The van der Waals surface area contributed by atoms with E-state index in [1.807, 2.05) is 6.92 Å². The maximum atomic E-state index is 11.7. The number of aromatic nitrogens is 2. The van der Waals surface area contributed by atoms with Crippen LogP contribution in [0.15, 0.2) is 12.5 Å². The zero-order valence-electron chi connectivity index (χ0n) is 8.73. The number of nitrogens with one attached hydrogen (secondary N) is 1. The van der Waals surface area contributed by atoms with E-state index >= 15 is 0 Å². The van der Waals surface area contributed by atoms with Gasteiger partial charge in [0.05, 0.1) is 31.2 Å². The number of hydrogen-bond acceptors (Lipinski definition) is 3. The molecule has 15 heavy (non-hydrogen) atoms. The molecule has 0 radical (unpaired) electrons. The van der Waals surface area contributed by atoms with Crippen LogP contribution >= 0.6 is 0 Å². The Hall–Kier alpha value is -1.36. The largest absolute Gasteiger partial charge is 0.386 e. The Morgan fingerprint density at radius 1 is 1.73 bits per heavy atom. The molecule has 0 aromatic carbocycles. The standard InChI is InChI=1S/C10H15N3O2/c1-2-3-10(15)5-13(6-10)9(14)8-4-11-7-12-8/h4,7,15H,2-3,5-6H2,1H3,(H,11,12). The van der Waals surface area contributed by atoms with Crippen LogP contribution in [0, 0.1) is 0 Å². The quantitative estimate of drug-likeness (QED) is 0.757. The SMILES string of the molecule is CCCC1(O)CN(C(=O)c2cnc[nH]2)C1. The molecule has 1 amide bonds. The van der Waals surface area contributed by atoms with Crippen LogP contribution in [0.4, 0.5) is 0 Å². The highest BCUT2D eigenvalue weighted by atomic mass is 16.3. The van der Waals surface area contributed by atoms with Crippen LogP contribution in [0.5, 0.6) is 0 Å². The number of rotatable bonds is 3. The van der Waals surface area contributed by atoms with E-state index in [4.69, 9.17) is 0 Å². The van der Waals surface area contributed by atoms with E-state index in [0.717, 1.165) is 12.8 Å². The average Bonchev–Trinajstić information content (AvgIpc) is 2.66. The number of carbonyl (C=O) groups is 1. The van der Waals surface area contributed by atoms with Crippen molar-refractivity contribution in [2.45, 2.75) is 25.4 Å². The summed E-state index contributed by atoms with van der Waals surface area (Å²) >= 11 is 0. The molecule has 5 heteroatoms. The van der Waals surface area contributed by atoms with Gasteiger partial charge in [0, 0.05) is 0 Å². The average molecular weight is 209 g/mol. The number of β-amino-alcohol motifs (C(OH)–C–C–N with tert-alkyl or cyclic N) is 1. The highest BCUT2D eigenvalue weighted by molar-refractivity contribution is 5.92. The van der Waals surface area contributed by atoms with Crippen LogP contribution in [-0.2, 0) is 0 Å². The Kier molecular flexibility index (Phi) is 2.48. The Bertz CT molecular complexity index is 342. The molecule has 1 aromatic rings. The summed E-state index contributed by atoms with van der Waals surface area (Å²) in [7, 11) is 0. The second kappa shape index (κ2) is 3.66. The first-order valence-corrected chi connectivity index (χ1v) is 5.15. The minimum Gasteiger partial charge on any atom is -0.386 e. The van der Waals surface area contributed by atoms with E-state index in [9.17, 15) is 9.90 Å². The molecule has 0 spiro atoms. The van der Waals surface area contributed by atoms with Crippen molar-refractivity contribution < 1.29 is 9.90 Å². The molecule has 0 unspecified atom stereocenters. The molecule has 1 fully saturated rings. The summed E-state index contributed by atoms with van der Waals surface area (Å²) in [5, 5.41) is 9.91. The molecule has 1 aliphatic heterocycles. The summed E-state index contributed by atoms with van der Waals surface area (Å²) < 4.78 is 0. The number of likely N-dealkylation sites (tertiary alicyclic amines) is 1. The molecular weight excluding hydrogens is 194 g/mol. The van der Waals surface area contributed by atoms with Crippen molar-refractivity contribution in [3.63, 3.8) is 0 Å².